The zero-order valence-corrected chi connectivity index (χ0v) is 17.0. The molecule has 0 aliphatic heterocycles. The fourth-order valence-electron chi connectivity index (χ4n) is 8.87. The Labute approximate surface area is 155 Å². The quantitative estimate of drug-likeness (QED) is 0.496. The molecule has 4 saturated carbocycles. The Bertz CT molecular complexity index is 473. The lowest BCUT2D eigenvalue weighted by Crippen LogP contribution is -2.53. The van der Waals surface area contributed by atoms with Crippen LogP contribution in [0.25, 0.3) is 0 Å². The Morgan fingerprint density at radius 3 is 2.48 bits per heavy atom. The maximum Gasteiger partial charge on any atom is 0.0894 e. The van der Waals surface area contributed by atoms with E-state index in [1.165, 1.54) is 64.2 Å². The zero-order valence-electron chi connectivity index (χ0n) is 17.0. The van der Waals surface area contributed by atoms with Gasteiger partial charge in [0.2, 0.25) is 0 Å². The summed E-state index contributed by atoms with van der Waals surface area (Å²) < 4.78 is 12.7. The highest BCUT2D eigenvalue weighted by Crippen LogP contribution is 2.68. The van der Waals surface area contributed by atoms with Gasteiger partial charge in [-0.15, -0.1) is 0 Å². The minimum absolute atomic E-state index is 0.123. The molecule has 0 N–H and O–H groups in total. The fourth-order valence-corrected chi connectivity index (χ4v) is 8.87. The molecule has 0 aromatic heterocycles. The summed E-state index contributed by atoms with van der Waals surface area (Å²) in [6.45, 7) is 7.64. The minimum atomic E-state index is -0.123. The van der Waals surface area contributed by atoms with E-state index in [0.717, 1.165) is 48.3 Å². The molecule has 0 spiro atoms. The minimum Gasteiger partial charge on any atom is -0.251 e. The summed E-state index contributed by atoms with van der Waals surface area (Å²) >= 11 is 0. The summed E-state index contributed by atoms with van der Waals surface area (Å²) in [6, 6.07) is 0. The molecule has 0 radical (unpaired) electrons. The van der Waals surface area contributed by atoms with Crippen LogP contribution >= 0.6 is 0 Å². The van der Waals surface area contributed by atoms with Crippen molar-refractivity contribution >= 4 is 0 Å². The third-order valence-electron chi connectivity index (χ3n) is 10.1. The van der Waals surface area contributed by atoms with Gasteiger partial charge in [0.15, 0.2) is 0 Å². The number of hydrogen-bond donors (Lipinski definition) is 0. The summed E-state index contributed by atoms with van der Waals surface area (Å²) in [5.41, 5.74) is 1.23. The molecule has 25 heavy (non-hydrogen) atoms. The molecule has 0 nitrogen and oxygen atoms in total. The van der Waals surface area contributed by atoms with Crippen molar-refractivity contribution < 1.29 is 4.39 Å². The fraction of sp³-hybridized carbons (Fsp3) is 1.00. The molecule has 0 amide bonds. The van der Waals surface area contributed by atoms with Crippen molar-refractivity contribution in [1.29, 1.82) is 0 Å². The van der Waals surface area contributed by atoms with E-state index in [2.05, 4.69) is 20.8 Å². The van der Waals surface area contributed by atoms with Crippen molar-refractivity contribution in [2.75, 3.05) is 6.67 Å². The number of hydrogen-bond acceptors (Lipinski definition) is 0. The van der Waals surface area contributed by atoms with Crippen LogP contribution in [-0.2, 0) is 0 Å². The molecule has 8 atom stereocenters. The van der Waals surface area contributed by atoms with Crippen molar-refractivity contribution in [3.05, 3.63) is 0 Å². The summed E-state index contributed by atoms with van der Waals surface area (Å²) in [6.07, 6.45) is 16.8. The first-order valence-corrected chi connectivity index (χ1v) is 11.6. The molecule has 4 fully saturated rings. The monoisotopic (exact) mass is 348 g/mol. The molecule has 0 aromatic carbocycles. The molecule has 144 valence electrons. The van der Waals surface area contributed by atoms with Crippen LogP contribution in [0, 0.1) is 46.3 Å². The molecule has 0 heterocycles. The molecule has 0 bridgehead atoms. The van der Waals surface area contributed by atoms with Gasteiger partial charge in [-0.05, 0) is 111 Å². The van der Waals surface area contributed by atoms with E-state index in [9.17, 15) is 4.39 Å². The van der Waals surface area contributed by atoms with Crippen LogP contribution in [0.4, 0.5) is 4.39 Å². The second-order valence-electron chi connectivity index (χ2n) is 10.9. The van der Waals surface area contributed by atoms with Crippen molar-refractivity contribution in [1.82, 2.24) is 0 Å². The van der Waals surface area contributed by atoms with Gasteiger partial charge in [0.05, 0.1) is 6.67 Å². The smallest absolute Gasteiger partial charge is 0.0894 e. The third-order valence-corrected chi connectivity index (χ3v) is 10.1. The Morgan fingerprint density at radius 1 is 0.880 bits per heavy atom. The third kappa shape index (κ3) is 2.82. The van der Waals surface area contributed by atoms with Crippen molar-refractivity contribution in [3.63, 3.8) is 0 Å². The van der Waals surface area contributed by atoms with E-state index in [1.807, 2.05) is 0 Å². The van der Waals surface area contributed by atoms with Gasteiger partial charge in [0.1, 0.15) is 0 Å². The van der Waals surface area contributed by atoms with Crippen molar-refractivity contribution in [2.45, 2.75) is 97.8 Å². The highest BCUT2D eigenvalue weighted by molar-refractivity contribution is 5.09. The van der Waals surface area contributed by atoms with Crippen LogP contribution in [0.15, 0.2) is 0 Å². The predicted molar refractivity (Wildman–Crippen MR) is 104 cm³/mol. The summed E-state index contributed by atoms with van der Waals surface area (Å²) in [5.74, 6) is 5.63. The molecule has 0 aromatic rings. The zero-order chi connectivity index (χ0) is 17.7. The van der Waals surface area contributed by atoms with Crippen molar-refractivity contribution in [3.8, 4) is 0 Å². The average molecular weight is 349 g/mol. The van der Waals surface area contributed by atoms with Gasteiger partial charge < -0.3 is 0 Å². The van der Waals surface area contributed by atoms with Crippen LogP contribution in [0.2, 0.25) is 0 Å². The van der Waals surface area contributed by atoms with Gasteiger partial charge in [-0.25, -0.2) is 0 Å². The van der Waals surface area contributed by atoms with Crippen LogP contribution < -0.4 is 0 Å². The number of alkyl halides is 1. The number of halogens is 1. The summed E-state index contributed by atoms with van der Waals surface area (Å²) in [4.78, 5) is 0. The second kappa shape index (κ2) is 6.83. The average Bonchev–Trinajstić information content (AvgIpc) is 2.96. The number of rotatable bonds is 4. The van der Waals surface area contributed by atoms with Gasteiger partial charge in [-0.1, -0.05) is 33.6 Å². The lowest BCUT2D eigenvalue weighted by molar-refractivity contribution is -0.114. The molecule has 1 heteroatoms. The van der Waals surface area contributed by atoms with Crippen LogP contribution in [-0.4, -0.2) is 6.67 Å². The summed E-state index contributed by atoms with van der Waals surface area (Å²) in [7, 11) is 0. The van der Waals surface area contributed by atoms with Crippen LogP contribution in [0.3, 0.4) is 0 Å². The van der Waals surface area contributed by atoms with E-state index < -0.39 is 0 Å². The second-order valence-corrected chi connectivity index (χ2v) is 10.9. The number of fused-ring (bicyclic) bond motifs is 5. The highest BCUT2D eigenvalue weighted by atomic mass is 19.1. The van der Waals surface area contributed by atoms with E-state index in [0.29, 0.717) is 10.8 Å². The Hall–Kier alpha value is -0.0700. The Balaban J connectivity index is 1.53. The van der Waals surface area contributed by atoms with Gasteiger partial charge in [-0.3, -0.25) is 4.39 Å². The highest BCUT2D eigenvalue weighted by Gasteiger charge is 2.59. The molecule has 4 aliphatic carbocycles. The van der Waals surface area contributed by atoms with Crippen LogP contribution in [0.5, 0.6) is 0 Å². The normalized spacial score (nSPS) is 50.6. The molecule has 4 rings (SSSR count). The first-order valence-electron chi connectivity index (χ1n) is 11.6. The van der Waals surface area contributed by atoms with E-state index in [-0.39, 0.29) is 6.67 Å². The summed E-state index contributed by atoms with van der Waals surface area (Å²) in [5, 5.41) is 0. The molecule has 0 saturated heterocycles. The molecular weight excluding hydrogens is 307 g/mol. The van der Waals surface area contributed by atoms with Gasteiger partial charge in [0, 0.05) is 0 Å². The van der Waals surface area contributed by atoms with E-state index in [1.54, 1.807) is 0 Å². The maximum atomic E-state index is 12.7. The molecule has 4 aliphatic rings. The standard InChI is InChI=1S/C24H41F/c1-17(7-6-16-25)20-11-12-21-19-10-9-18-8-4-5-14-23(18,2)22(19)13-15-24(20,21)3/h17-22H,4-16H2,1-3H3. The van der Waals surface area contributed by atoms with Crippen LogP contribution in [0.1, 0.15) is 97.8 Å². The lowest BCUT2D eigenvalue weighted by atomic mass is 9.44. The maximum absolute atomic E-state index is 12.7. The molecular formula is C24H41F. The Kier molecular flexibility index (Phi) is 5.00. The SMILES string of the molecule is CC(CCCF)C1CCC2C3CCC4CCCCC4(C)C3CCC12C. The first kappa shape index (κ1) is 18.3. The van der Waals surface area contributed by atoms with E-state index >= 15 is 0 Å². The van der Waals surface area contributed by atoms with Gasteiger partial charge in [-0.2, -0.15) is 0 Å². The predicted octanol–water partition coefficient (Wildman–Crippen LogP) is 7.42. The molecule has 8 unspecified atom stereocenters. The Morgan fingerprint density at radius 2 is 1.68 bits per heavy atom. The topological polar surface area (TPSA) is 0 Å². The van der Waals surface area contributed by atoms with Gasteiger partial charge >= 0.3 is 0 Å². The van der Waals surface area contributed by atoms with E-state index in [4.69, 9.17) is 0 Å². The van der Waals surface area contributed by atoms with Gasteiger partial charge in [0.25, 0.3) is 0 Å². The largest absolute Gasteiger partial charge is 0.251 e. The lowest BCUT2D eigenvalue weighted by Gasteiger charge is -2.61. The van der Waals surface area contributed by atoms with Crippen molar-refractivity contribution in [2.24, 2.45) is 46.3 Å². The first-order chi connectivity index (χ1) is 12.0.